The largest absolute Gasteiger partial charge is 0.396 e. The van der Waals surface area contributed by atoms with E-state index in [1.165, 1.54) is 12.1 Å². The maximum atomic E-state index is 13.2. The van der Waals surface area contributed by atoms with Gasteiger partial charge in [-0.1, -0.05) is 12.8 Å². The third-order valence-electron chi connectivity index (χ3n) is 3.76. The predicted octanol–water partition coefficient (Wildman–Crippen LogP) is 2.81. The Morgan fingerprint density at radius 1 is 1.35 bits per heavy atom. The number of halogens is 1. The van der Waals surface area contributed by atoms with Crippen LogP contribution in [0.4, 0.5) is 14.9 Å². The lowest BCUT2D eigenvalue weighted by atomic mass is 9.85. The van der Waals surface area contributed by atoms with Crippen molar-refractivity contribution in [3.8, 4) is 0 Å². The van der Waals surface area contributed by atoms with Crippen molar-refractivity contribution < 1.29 is 14.3 Å². The molecular formula is C15H21FN2O2. The first kappa shape index (κ1) is 14.8. The minimum absolute atomic E-state index is 0.0107. The summed E-state index contributed by atoms with van der Waals surface area (Å²) in [5.74, 6) is -0.255. The number of rotatable bonds is 3. The van der Waals surface area contributed by atoms with Gasteiger partial charge in [0, 0.05) is 24.3 Å². The Kier molecular flexibility index (Phi) is 4.95. The first-order chi connectivity index (χ1) is 9.58. The van der Waals surface area contributed by atoms with E-state index >= 15 is 0 Å². The summed E-state index contributed by atoms with van der Waals surface area (Å²) in [5.41, 5.74) is 1.20. The van der Waals surface area contributed by atoms with Crippen LogP contribution in [0.5, 0.6) is 0 Å². The molecule has 1 fully saturated rings. The Bertz CT molecular complexity index is 459. The molecule has 3 N–H and O–H groups in total. The summed E-state index contributed by atoms with van der Waals surface area (Å²) >= 11 is 0. The Balaban J connectivity index is 1.94. The molecule has 110 valence electrons. The first-order valence-corrected chi connectivity index (χ1v) is 7.04. The van der Waals surface area contributed by atoms with E-state index in [1.54, 1.807) is 13.0 Å². The summed E-state index contributed by atoms with van der Waals surface area (Å²) in [4.78, 5) is 11.9. The quantitative estimate of drug-likeness (QED) is 0.797. The van der Waals surface area contributed by atoms with Crippen molar-refractivity contribution in [3.05, 3.63) is 29.6 Å². The van der Waals surface area contributed by atoms with Crippen LogP contribution >= 0.6 is 0 Å². The third-order valence-corrected chi connectivity index (χ3v) is 3.76. The van der Waals surface area contributed by atoms with Crippen molar-refractivity contribution in [1.82, 2.24) is 5.32 Å². The molecule has 0 spiro atoms. The van der Waals surface area contributed by atoms with E-state index in [9.17, 15) is 14.3 Å². The van der Waals surface area contributed by atoms with Gasteiger partial charge in [-0.15, -0.1) is 0 Å². The number of aryl methyl sites for hydroxylation is 1. The number of hydrogen-bond acceptors (Lipinski definition) is 2. The van der Waals surface area contributed by atoms with Gasteiger partial charge in [0.1, 0.15) is 5.82 Å². The van der Waals surface area contributed by atoms with Gasteiger partial charge < -0.3 is 15.7 Å². The molecule has 1 aliphatic carbocycles. The molecule has 0 radical (unpaired) electrons. The van der Waals surface area contributed by atoms with Crippen LogP contribution in [0.25, 0.3) is 0 Å². The van der Waals surface area contributed by atoms with Gasteiger partial charge >= 0.3 is 6.03 Å². The second kappa shape index (κ2) is 6.70. The van der Waals surface area contributed by atoms with Crippen LogP contribution in [0.15, 0.2) is 18.2 Å². The number of carbonyl (C=O) groups is 1. The van der Waals surface area contributed by atoms with E-state index in [0.29, 0.717) is 5.69 Å². The van der Waals surface area contributed by atoms with E-state index < -0.39 is 0 Å². The summed E-state index contributed by atoms with van der Waals surface area (Å²) < 4.78 is 13.2. The van der Waals surface area contributed by atoms with Gasteiger partial charge in [-0.05, 0) is 43.5 Å². The molecule has 1 saturated carbocycles. The molecule has 1 aromatic rings. The number of urea groups is 1. The summed E-state index contributed by atoms with van der Waals surface area (Å²) in [6, 6.07) is 4.06. The Morgan fingerprint density at radius 2 is 2.10 bits per heavy atom. The van der Waals surface area contributed by atoms with Crippen LogP contribution in [-0.2, 0) is 0 Å². The molecule has 0 aromatic heterocycles. The highest BCUT2D eigenvalue weighted by Crippen LogP contribution is 2.24. The van der Waals surface area contributed by atoms with Gasteiger partial charge in [0.2, 0.25) is 0 Å². The normalized spacial score (nSPS) is 22.4. The fourth-order valence-corrected chi connectivity index (χ4v) is 2.76. The van der Waals surface area contributed by atoms with Gasteiger partial charge in [-0.2, -0.15) is 0 Å². The average molecular weight is 280 g/mol. The monoisotopic (exact) mass is 280 g/mol. The summed E-state index contributed by atoms with van der Waals surface area (Å²) in [6.07, 6.45) is 3.95. The van der Waals surface area contributed by atoms with Gasteiger partial charge in [0.05, 0.1) is 0 Å². The zero-order chi connectivity index (χ0) is 14.5. The zero-order valence-electron chi connectivity index (χ0n) is 11.7. The number of carbonyl (C=O) groups excluding carboxylic acids is 1. The Morgan fingerprint density at radius 3 is 2.80 bits per heavy atom. The van der Waals surface area contributed by atoms with Crippen LogP contribution in [0.3, 0.4) is 0 Å². The molecule has 0 aliphatic heterocycles. The lowest BCUT2D eigenvalue weighted by Gasteiger charge is -2.30. The topological polar surface area (TPSA) is 61.4 Å². The summed E-state index contributed by atoms with van der Waals surface area (Å²) in [7, 11) is 0. The molecule has 1 aromatic carbocycles. The summed E-state index contributed by atoms with van der Waals surface area (Å²) in [6.45, 7) is 1.86. The molecule has 2 rings (SSSR count). The van der Waals surface area contributed by atoms with E-state index in [0.717, 1.165) is 31.2 Å². The summed E-state index contributed by atoms with van der Waals surface area (Å²) in [5, 5.41) is 14.8. The van der Waals surface area contributed by atoms with E-state index in [2.05, 4.69) is 10.6 Å². The van der Waals surface area contributed by atoms with Crippen molar-refractivity contribution in [2.45, 2.75) is 38.6 Å². The van der Waals surface area contributed by atoms with Crippen molar-refractivity contribution in [2.24, 2.45) is 5.92 Å². The number of nitrogens with one attached hydrogen (secondary N) is 2. The number of benzene rings is 1. The molecule has 1 aliphatic rings. The molecule has 2 unspecified atom stereocenters. The Hall–Kier alpha value is -1.62. The smallest absolute Gasteiger partial charge is 0.319 e. The molecule has 5 heteroatoms. The SMILES string of the molecule is Cc1cc(F)cc(NC(=O)NC2CCCCC2CO)c1. The molecule has 0 heterocycles. The minimum atomic E-state index is -0.369. The standard InChI is InChI=1S/C15H21FN2O2/c1-10-6-12(16)8-13(7-10)17-15(20)18-14-5-3-2-4-11(14)9-19/h6-8,11,14,19H,2-5,9H2,1H3,(H2,17,18,20). The fourth-order valence-electron chi connectivity index (χ4n) is 2.76. The molecule has 20 heavy (non-hydrogen) atoms. The molecule has 2 atom stereocenters. The number of aliphatic hydroxyl groups excluding tert-OH is 1. The Labute approximate surface area is 118 Å². The van der Waals surface area contributed by atoms with Crippen LogP contribution in [0.2, 0.25) is 0 Å². The average Bonchev–Trinajstić information content (AvgIpc) is 2.37. The number of hydrogen-bond donors (Lipinski definition) is 3. The van der Waals surface area contributed by atoms with Crippen LogP contribution in [0, 0.1) is 18.7 Å². The van der Waals surface area contributed by atoms with Crippen molar-refractivity contribution in [1.29, 1.82) is 0 Å². The van der Waals surface area contributed by atoms with E-state index in [1.807, 2.05) is 0 Å². The second-order valence-electron chi connectivity index (χ2n) is 5.45. The molecule has 4 nitrogen and oxygen atoms in total. The van der Waals surface area contributed by atoms with Gasteiger partial charge in [-0.25, -0.2) is 9.18 Å². The van der Waals surface area contributed by atoms with Gasteiger partial charge in [0.15, 0.2) is 0 Å². The molecular weight excluding hydrogens is 259 g/mol. The maximum absolute atomic E-state index is 13.2. The molecule has 0 bridgehead atoms. The van der Waals surface area contributed by atoms with Crippen molar-refractivity contribution in [2.75, 3.05) is 11.9 Å². The second-order valence-corrected chi connectivity index (χ2v) is 5.45. The third kappa shape index (κ3) is 3.93. The predicted molar refractivity (Wildman–Crippen MR) is 76.1 cm³/mol. The van der Waals surface area contributed by atoms with Crippen molar-refractivity contribution in [3.63, 3.8) is 0 Å². The van der Waals surface area contributed by atoms with Crippen LogP contribution < -0.4 is 10.6 Å². The van der Waals surface area contributed by atoms with Crippen LogP contribution in [0.1, 0.15) is 31.2 Å². The molecule has 2 amide bonds. The zero-order valence-corrected chi connectivity index (χ0v) is 11.7. The van der Waals surface area contributed by atoms with E-state index in [4.69, 9.17) is 0 Å². The highest BCUT2D eigenvalue weighted by atomic mass is 19.1. The lowest BCUT2D eigenvalue weighted by molar-refractivity contribution is 0.156. The maximum Gasteiger partial charge on any atom is 0.319 e. The molecule has 0 saturated heterocycles. The highest BCUT2D eigenvalue weighted by Gasteiger charge is 2.25. The van der Waals surface area contributed by atoms with Gasteiger partial charge in [-0.3, -0.25) is 0 Å². The minimum Gasteiger partial charge on any atom is -0.396 e. The van der Waals surface area contributed by atoms with Crippen molar-refractivity contribution >= 4 is 11.7 Å². The van der Waals surface area contributed by atoms with Crippen LogP contribution in [-0.4, -0.2) is 23.8 Å². The lowest BCUT2D eigenvalue weighted by Crippen LogP contribution is -2.45. The first-order valence-electron chi connectivity index (χ1n) is 7.04. The number of anilines is 1. The van der Waals surface area contributed by atoms with E-state index in [-0.39, 0.29) is 30.4 Å². The number of amides is 2. The fraction of sp³-hybridized carbons (Fsp3) is 0.533. The highest BCUT2D eigenvalue weighted by molar-refractivity contribution is 5.89. The number of aliphatic hydroxyl groups is 1. The van der Waals surface area contributed by atoms with Gasteiger partial charge in [0.25, 0.3) is 0 Å².